The average Bonchev–Trinajstić information content (AvgIpc) is 3.02. The van der Waals surface area contributed by atoms with Crippen LogP contribution in [0.25, 0.3) is 0 Å². The monoisotopic (exact) mass is 244 g/mol. The molecule has 1 aromatic rings. The first-order valence-corrected chi connectivity index (χ1v) is 7.54. The number of pyridine rings is 1. The number of hydrogen-bond donors (Lipinski definition) is 1. The molecule has 2 aliphatic rings. The van der Waals surface area contributed by atoms with Crippen molar-refractivity contribution in [2.45, 2.75) is 44.9 Å². The van der Waals surface area contributed by atoms with E-state index in [0.717, 1.165) is 24.3 Å². The minimum atomic E-state index is 0.743. The highest BCUT2D eigenvalue weighted by atomic mass is 14.9. The van der Waals surface area contributed by atoms with Crippen molar-refractivity contribution in [3.05, 3.63) is 29.6 Å². The van der Waals surface area contributed by atoms with Gasteiger partial charge >= 0.3 is 0 Å². The molecule has 1 fully saturated rings. The van der Waals surface area contributed by atoms with Crippen LogP contribution in [-0.2, 0) is 6.42 Å². The maximum Gasteiger partial charge on any atom is 0.0469 e. The summed E-state index contributed by atoms with van der Waals surface area (Å²) in [4.78, 5) is 4.68. The van der Waals surface area contributed by atoms with Gasteiger partial charge in [0, 0.05) is 17.8 Å². The molecule has 3 rings (SSSR count). The van der Waals surface area contributed by atoms with Gasteiger partial charge in [-0.3, -0.25) is 4.98 Å². The van der Waals surface area contributed by atoms with Gasteiger partial charge in [-0.2, -0.15) is 0 Å². The summed E-state index contributed by atoms with van der Waals surface area (Å²) >= 11 is 0. The lowest BCUT2D eigenvalue weighted by atomic mass is 9.82. The lowest BCUT2D eigenvalue weighted by Gasteiger charge is -2.26. The fourth-order valence-corrected chi connectivity index (χ4v) is 4.04. The quantitative estimate of drug-likeness (QED) is 0.880. The fourth-order valence-electron chi connectivity index (χ4n) is 4.04. The molecule has 2 heteroatoms. The predicted molar refractivity (Wildman–Crippen MR) is 74.7 cm³/mol. The third kappa shape index (κ3) is 2.18. The summed E-state index contributed by atoms with van der Waals surface area (Å²) in [5.74, 6) is 2.50. The number of nitrogens with one attached hydrogen (secondary N) is 1. The van der Waals surface area contributed by atoms with Gasteiger partial charge in [0.2, 0.25) is 0 Å². The van der Waals surface area contributed by atoms with Crippen LogP contribution in [0.2, 0.25) is 0 Å². The second kappa shape index (κ2) is 5.40. The second-order valence-electron chi connectivity index (χ2n) is 5.86. The zero-order valence-corrected chi connectivity index (χ0v) is 11.4. The molecule has 98 valence electrons. The number of hydrogen-bond acceptors (Lipinski definition) is 2. The Labute approximate surface area is 110 Å². The Morgan fingerprint density at radius 2 is 2.28 bits per heavy atom. The summed E-state index contributed by atoms with van der Waals surface area (Å²) in [7, 11) is 0. The van der Waals surface area contributed by atoms with Crippen LogP contribution in [0.5, 0.6) is 0 Å². The molecule has 1 N–H and O–H groups in total. The molecule has 0 amide bonds. The number of nitrogens with zero attached hydrogens (tertiary/aromatic N) is 1. The van der Waals surface area contributed by atoms with Crippen molar-refractivity contribution in [2.75, 3.05) is 13.1 Å². The van der Waals surface area contributed by atoms with Gasteiger partial charge in [-0.25, -0.2) is 0 Å². The van der Waals surface area contributed by atoms with Gasteiger partial charge < -0.3 is 5.32 Å². The molecule has 3 atom stereocenters. The standard InChI is InChI=1S/C16H24N2/c1-2-17-11-13-5-3-7-14(13)15-9-8-12-6-4-10-18-16(12)15/h4,6,10,13-15,17H,2-3,5,7-9,11H2,1H3. The van der Waals surface area contributed by atoms with E-state index in [-0.39, 0.29) is 0 Å². The van der Waals surface area contributed by atoms with Crippen molar-refractivity contribution in [3.8, 4) is 0 Å². The van der Waals surface area contributed by atoms with E-state index < -0.39 is 0 Å². The van der Waals surface area contributed by atoms with Gasteiger partial charge in [0.15, 0.2) is 0 Å². The molecular weight excluding hydrogens is 220 g/mol. The van der Waals surface area contributed by atoms with Crippen LogP contribution in [0.15, 0.2) is 18.3 Å². The maximum absolute atomic E-state index is 4.68. The van der Waals surface area contributed by atoms with Crippen molar-refractivity contribution < 1.29 is 0 Å². The first-order chi connectivity index (χ1) is 8.90. The summed E-state index contributed by atoms with van der Waals surface area (Å²) in [5.41, 5.74) is 2.93. The second-order valence-corrected chi connectivity index (χ2v) is 5.86. The van der Waals surface area contributed by atoms with Crippen molar-refractivity contribution in [3.63, 3.8) is 0 Å². The molecule has 0 bridgehead atoms. The normalized spacial score (nSPS) is 30.6. The molecule has 1 aromatic heterocycles. The minimum Gasteiger partial charge on any atom is -0.317 e. The van der Waals surface area contributed by atoms with Gasteiger partial charge in [0.05, 0.1) is 0 Å². The van der Waals surface area contributed by atoms with E-state index in [1.54, 1.807) is 0 Å². The smallest absolute Gasteiger partial charge is 0.0469 e. The Bertz CT molecular complexity index is 402. The van der Waals surface area contributed by atoms with Gasteiger partial charge in [0.1, 0.15) is 0 Å². The molecule has 18 heavy (non-hydrogen) atoms. The van der Waals surface area contributed by atoms with E-state index in [2.05, 4.69) is 29.4 Å². The Morgan fingerprint density at radius 3 is 3.17 bits per heavy atom. The number of aryl methyl sites for hydroxylation is 1. The molecule has 0 aromatic carbocycles. The topological polar surface area (TPSA) is 24.9 Å². The Kier molecular flexibility index (Phi) is 3.64. The Morgan fingerprint density at radius 1 is 1.33 bits per heavy atom. The summed E-state index contributed by atoms with van der Waals surface area (Å²) < 4.78 is 0. The molecular formula is C16H24N2. The molecule has 0 saturated heterocycles. The van der Waals surface area contributed by atoms with E-state index in [9.17, 15) is 0 Å². The van der Waals surface area contributed by atoms with Crippen molar-refractivity contribution >= 4 is 0 Å². The maximum atomic E-state index is 4.68. The molecule has 0 radical (unpaired) electrons. The molecule has 1 saturated carbocycles. The first kappa shape index (κ1) is 12.2. The van der Waals surface area contributed by atoms with Gasteiger partial charge in [0.25, 0.3) is 0 Å². The van der Waals surface area contributed by atoms with Crippen LogP contribution in [0, 0.1) is 11.8 Å². The summed E-state index contributed by atoms with van der Waals surface area (Å²) in [6.07, 6.45) is 8.80. The fraction of sp³-hybridized carbons (Fsp3) is 0.688. The summed E-state index contributed by atoms with van der Waals surface area (Å²) in [6, 6.07) is 4.36. The lowest BCUT2D eigenvalue weighted by Crippen LogP contribution is -2.27. The van der Waals surface area contributed by atoms with E-state index in [4.69, 9.17) is 0 Å². The zero-order chi connectivity index (χ0) is 12.4. The van der Waals surface area contributed by atoms with Crippen LogP contribution in [0.4, 0.5) is 0 Å². The largest absolute Gasteiger partial charge is 0.317 e. The van der Waals surface area contributed by atoms with Crippen molar-refractivity contribution in [2.24, 2.45) is 11.8 Å². The van der Waals surface area contributed by atoms with Crippen LogP contribution < -0.4 is 5.32 Å². The van der Waals surface area contributed by atoms with E-state index in [0.29, 0.717) is 0 Å². The molecule has 2 nitrogen and oxygen atoms in total. The molecule has 2 aliphatic carbocycles. The highest BCUT2D eigenvalue weighted by Gasteiger charge is 2.37. The SMILES string of the molecule is CCNCC1CCCC1C1CCc2cccnc21. The predicted octanol–water partition coefficient (Wildman–Crippen LogP) is 3.14. The van der Waals surface area contributed by atoms with Gasteiger partial charge in [-0.05, 0) is 62.2 Å². The Hall–Kier alpha value is -0.890. The van der Waals surface area contributed by atoms with Gasteiger partial charge in [-0.1, -0.05) is 19.4 Å². The molecule has 0 spiro atoms. The number of aromatic nitrogens is 1. The minimum absolute atomic E-state index is 0.743. The van der Waals surface area contributed by atoms with Crippen LogP contribution in [0.1, 0.15) is 49.8 Å². The van der Waals surface area contributed by atoms with E-state index in [1.165, 1.54) is 49.9 Å². The molecule has 1 heterocycles. The third-order valence-corrected chi connectivity index (χ3v) is 4.89. The number of fused-ring (bicyclic) bond motifs is 1. The third-order valence-electron chi connectivity index (χ3n) is 4.89. The lowest BCUT2D eigenvalue weighted by molar-refractivity contribution is 0.309. The highest BCUT2D eigenvalue weighted by Crippen LogP contribution is 2.46. The number of rotatable bonds is 4. The summed E-state index contributed by atoms with van der Waals surface area (Å²) in [5, 5.41) is 3.55. The van der Waals surface area contributed by atoms with Crippen molar-refractivity contribution in [1.29, 1.82) is 0 Å². The highest BCUT2D eigenvalue weighted by molar-refractivity contribution is 5.29. The zero-order valence-electron chi connectivity index (χ0n) is 11.4. The summed E-state index contributed by atoms with van der Waals surface area (Å²) in [6.45, 7) is 4.51. The average molecular weight is 244 g/mol. The van der Waals surface area contributed by atoms with Crippen LogP contribution in [-0.4, -0.2) is 18.1 Å². The van der Waals surface area contributed by atoms with E-state index in [1.807, 2.05) is 6.20 Å². The molecule has 0 aliphatic heterocycles. The van der Waals surface area contributed by atoms with Gasteiger partial charge in [-0.15, -0.1) is 0 Å². The first-order valence-electron chi connectivity index (χ1n) is 7.54. The van der Waals surface area contributed by atoms with E-state index >= 15 is 0 Å². The molecule has 3 unspecified atom stereocenters. The van der Waals surface area contributed by atoms with Crippen LogP contribution in [0.3, 0.4) is 0 Å². The van der Waals surface area contributed by atoms with Crippen molar-refractivity contribution in [1.82, 2.24) is 10.3 Å². The Balaban J connectivity index is 1.75. The van der Waals surface area contributed by atoms with Crippen LogP contribution >= 0.6 is 0 Å².